The average molecular weight is 307 g/mol. The molecule has 0 amide bonds. The van der Waals surface area contributed by atoms with Crippen LogP contribution in [0.3, 0.4) is 0 Å². The fourth-order valence-corrected chi connectivity index (χ4v) is 3.02. The van der Waals surface area contributed by atoms with Gasteiger partial charge in [0, 0.05) is 32.4 Å². The van der Waals surface area contributed by atoms with Crippen molar-refractivity contribution in [2.24, 2.45) is 0 Å². The maximum absolute atomic E-state index is 10.5. The van der Waals surface area contributed by atoms with Crippen LogP contribution in [-0.2, 0) is 17.7 Å². The number of methoxy groups -OCH3 is 1. The molecule has 22 heavy (non-hydrogen) atoms. The third-order valence-electron chi connectivity index (χ3n) is 4.28. The van der Waals surface area contributed by atoms with E-state index in [1.807, 2.05) is 0 Å². The molecule has 1 aromatic heterocycles. The first-order valence-electron chi connectivity index (χ1n) is 8.07. The maximum Gasteiger partial charge on any atom is 0.0913 e. The number of hydrogen-bond acceptors (Lipinski definition) is 5. The predicted molar refractivity (Wildman–Crippen MR) is 89.3 cm³/mol. The zero-order valence-corrected chi connectivity index (χ0v) is 14.3. The van der Waals surface area contributed by atoms with Gasteiger partial charge in [-0.3, -0.25) is 4.98 Å². The van der Waals surface area contributed by atoms with E-state index >= 15 is 0 Å². The lowest BCUT2D eigenvalue weighted by atomic mass is 9.92. The van der Waals surface area contributed by atoms with Crippen LogP contribution in [0, 0.1) is 0 Å². The van der Waals surface area contributed by atoms with Crippen molar-refractivity contribution < 1.29 is 9.84 Å². The molecule has 1 aliphatic rings. The molecule has 5 nitrogen and oxygen atoms in total. The van der Waals surface area contributed by atoms with Gasteiger partial charge in [-0.2, -0.15) is 0 Å². The largest absolute Gasteiger partial charge is 0.387 e. The lowest BCUT2D eigenvalue weighted by Gasteiger charge is -2.39. The van der Waals surface area contributed by atoms with Crippen LogP contribution in [0.1, 0.15) is 31.2 Å². The van der Waals surface area contributed by atoms with Crippen LogP contribution in [-0.4, -0.2) is 61.5 Å². The van der Waals surface area contributed by atoms with Crippen LogP contribution in [0.15, 0.2) is 12.1 Å². The van der Waals surface area contributed by atoms with Gasteiger partial charge in [-0.1, -0.05) is 6.92 Å². The molecule has 1 aliphatic heterocycles. The molecule has 0 radical (unpaired) electrons. The van der Waals surface area contributed by atoms with Crippen LogP contribution in [0.5, 0.6) is 0 Å². The molecule has 0 spiro atoms. The number of nitrogens with zero attached hydrogens (tertiary/aromatic N) is 3. The average Bonchev–Trinajstić information content (AvgIpc) is 2.48. The Balaban J connectivity index is 2.15. The number of aliphatic hydroxyl groups is 1. The highest BCUT2D eigenvalue weighted by Crippen LogP contribution is 2.29. The highest BCUT2D eigenvalue weighted by molar-refractivity contribution is 5.52. The molecule has 1 fully saturated rings. The topological polar surface area (TPSA) is 48.8 Å². The predicted octanol–water partition coefficient (Wildman–Crippen LogP) is 1.68. The highest BCUT2D eigenvalue weighted by atomic mass is 16.5. The molecule has 0 aliphatic carbocycles. The molecular weight excluding hydrogens is 278 g/mol. The Morgan fingerprint density at radius 1 is 1.32 bits per heavy atom. The molecule has 0 bridgehead atoms. The van der Waals surface area contributed by atoms with Gasteiger partial charge in [-0.05, 0) is 45.5 Å². The summed E-state index contributed by atoms with van der Waals surface area (Å²) < 4.78 is 5.14. The standard InChI is InChI=1S/C17H29N3O2/c1-5-14-6-7-16(15(18-14)12-19(2)3)20-10-8-17(21,9-11-20)13-22-4/h6-7,21H,5,8-13H2,1-4H3. The van der Waals surface area contributed by atoms with Crippen molar-refractivity contribution >= 4 is 5.69 Å². The van der Waals surface area contributed by atoms with Gasteiger partial charge in [-0.25, -0.2) is 0 Å². The minimum Gasteiger partial charge on any atom is -0.387 e. The molecule has 0 aromatic carbocycles. The lowest BCUT2D eigenvalue weighted by Crippen LogP contribution is -2.47. The van der Waals surface area contributed by atoms with E-state index in [4.69, 9.17) is 9.72 Å². The zero-order valence-electron chi connectivity index (χ0n) is 14.3. The van der Waals surface area contributed by atoms with Crippen LogP contribution >= 0.6 is 0 Å². The third-order valence-corrected chi connectivity index (χ3v) is 4.28. The number of hydrogen-bond donors (Lipinski definition) is 1. The van der Waals surface area contributed by atoms with Crippen molar-refractivity contribution in [3.8, 4) is 0 Å². The maximum atomic E-state index is 10.5. The summed E-state index contributed by atoms with van der Waals surface area (Å²) in [6.07, 6.45) is 2.42. The van der Waals surface area contributed by atoms with E-state index in [9.17, 15) is 5.11 Å². The Kier molecular flexibility index (Phi) is 5.78. The number of rotatable bonds is 6. The van der Waals surface area contributed by atoms with Crippen molar-refractivity contribution in [2.45, 2.75) is 38.3 Å². The van der Waals surface area contributed by atoms with Gasteiger partial charge >= 0.3 is 0 Å². The summed E-state index contributed by atoms with van der Waals surface area (Å²) in [5, 5.41) is 10.5. The molecule has 1 aromatic rings. The van der Waals surface area contributed by atoms with Crippen molar-refractivity contribution in [1.29, 1.82) is 0 Å². The van der Waals surface area contributed by atoms with E-state index in [1.54, 1.807) is 7.11 Å². The van der Waals surface area contributed by atoms with Crippen LogP contribution in [0.4, 0.5) is 5.69 Å². The first kappa shape index (κ1) is 17.2. The number of piperidine rings is 1. The number of ether oxygens (including phenoxy) is 1. The fraction of sp³-hybridized carbons (Fsp3) is 0.706. The summed E-state index contributed by atoms with van der Waals surface area (Å²) in [5.74, 6) is 0. The Hall–Kier alpha value is -1.17. The summed E-state index contributed by atoms with van der Waals surface area (Å²) in [6, 6.07) is 4.30. The van der Waals surface area contributed by atoms with E-state index in [0.717, 1.165) is 50.3 Å². The highest BCUT2D eigenvalue weighted by Gasteiger charge is 2.33. The van der Waals surface area contributed by atoms with Crippen molar-refractivity contribution in [2.75, 3.05) is 45.8 Å². The molecule has 0 unspecified atom stereocenters. The van der Waals surface area contributed by atoms with Gasteiger partial charge in [0.2, 0.25) is 0 Å². The molecule has 2 rings (SSSR count). The second kappa shape index (κ2) is 7.40. The first-order chi connectivity index (χ1) is 10.5. The second-order valence-electron chi connectivity index (χ2n) is 6.50. The van der Waals surface area contributed by atoms with E-state index in [-0.39, 0.29) is 0 Å². The normalized spacial score (nSPS) is 18.0. The molecule has 124 valence electrons. The van der Waals surface area contributed by atoms with E-state index in [2.05, 4.69) is 43.0 Å². The third kappa shape index (κ3) is 4.18. The van der Waals surface area contributed by atoms with Crippen molar-refractivity contribution in [3.05, 3.63) is 23.5 Å². The number of aryl methyl sites for hydroxylation is 1. The Morgan fingerprint density at radius 3 is 2.55 bits per heavy atom. The van der Waals surface area contributed by atoms with Gasteiger partial charge in [0.05, 0.1) is 23.6 Å². The number of anilines is 1. The minimum atomic E-state index is -0.677. The Morgan fingerprint density at radius 2 is 2.00 bits per heavy atom. The van der Waals surface area contributed by atoms with Crippen LogP contribution in [0.2, 0.25) is 0 Å². The van der Waals surface area contributed by atoms with Gasteiger partial charge in [-0.15, -0.1) is 0 Å². The van der Waals surface area contributed by atoms with Crippen molar-refractivity contribution in [3.63, 3.8) is 0 Å². The quantitative estimate of drug-likeness (QED) is 0.866. The summed E-state index contributed by atoms with van der Waals surface area (Å²) in [7, 11) is 5.78. The SMILES string of the molecule is CCc1ccc(N2CCC(O)(COC)CC2)c(CN(C)C)n1. The monoisotopic (exact) mass is 307 g/mol. The van der Waals surface area contributed by atoms with E-state index in [0.29, 0.717) is 6.61 Å². The summed E-state index contributed by atoms with van der Waals surface area (Å²) in [6.45, 7) is 5.06. The van der Waals surface area contributed by atoms with Gasteiger partial charge in [0.15, 0.2) is 0 Å². The van der Waals surface area contributed by atoms with Gasteiger partial charge < -0.3 is 19.6 Å². The molecule has 0 atom stereocenters. The molecule has 1 N–H and O–H groups in total. The lowest BCUT2D eigenvalue weighted by molar-refractivity contribution is -0.0472. The Labute approximate surface area is 133 Å². The van der Waals surface area contributed by atoms with E-state index in [1.165, 1.54) is 5.69 Å². The van der Waals surface area contributed by atoms with E-state index < -0.39 is 5.60 Å². The van der Waals surface area contributed by atoms with Crippen LogP contribution < -0.4 is 4.90 Å². The first-order valence-corrected chi connectivity index (χ1v) is 8.07. The smallest absolute Gasteiger partial charge is 0.0913 e. The molecule has 1 saturated heterocycles. The minimum absolute atomic E-state index is 0.415. The molecule has 5 heteroatoms. The van der Waals surface area contributed by atoms with Crippen LogP contribution in [0.25, 0.3) is 0 Å². The van der Waals surface area contributed by atoms with Gasteiger partial charge in [0.25, 0.3) is 0 Å². The second-order valence-corrected chi connectivity index (χ2v) is 6.50. The van der Waals surface area contributed by atoms with Crippen molar-refractivity contribution in [1.82, 2.24) is 9.88 Å². The zero-order chi connectivity index (χ0) is 16.2. The molecular formula is C17H29N3O2. The summed E-state index contributed by atoms with van der Waals surface area (Å²) in [4.78, 5) is 9.30. The molecule has 0 saturated carbocycles. The number of aromatic nitrogens is 1. The van der Waals surface area contributed by atoms with Gasteiger partial charge in [0.1, 0.15) is 0 Å². The summed E-state index contributed by atoms with van der Waals surface area (Å²) in [5.41, 5.74) is 2.78. The Bertz CT molecular complexity index is 483. The molecule has 2 heterocycles. The fourth-order valence-electron chi connectivity index (χ4n) is 3.02. The summed E-state index contributed by atoms with van der Waals surface area (Å²) >= 11 is 0. The number of pyridine rings is 1.